The van der Waals surface area contributed by atoms with Crippen molar-refractivity contribution in [3.63, 3.8) is 0 Å². The van der Waals surface area contributed by atoms with Gasteiger partial charge in [0.1, 0.15) is 0 Å². The molecule has 0 radical (unpaired) electrons. The maximum Gasteiger partial charge on any atom is 0.0453 e. The van der Waals surface area contributed by atoms with Gasteiger partial charge in [-0.1, -0.05) is 67.4 Å². The van der Waals surface area contributed by atoms with Crippen LogP contribution in [0, 0.1) is 0 Å². The van der Waals surface area contributed by atoms with Crippen LogP contribution in [-0.4, -0.2) is 6.54 Å². The summed E-state index contributed by atoms with van der Waals surface area (Å²) in [6.07, 6.45) is 0.760. The van der Waals surface area contributed by atoms with Crippen molar-refractivity contribution in [1.82, 2.24) is 0 Å². The van der Waals surface area contributed by atoms with E-state index < -0.39 is 0 Å². The standard InChI is InChI=1S/C18H21Cl2N/c1-12(2)13-6-8-14(9-7-13)15(11-21)10-16-17(19)4-3-5-18(16)20/h3-9,12,15H,10-11,21H2,1-2H3. The van der Waals surface area contributed by atoms with E-state index in [0.717, 1.165) is 12.0 Å². The zero-order valence-corrected chi connectivity index (χ0v) is 14.0. The molecule has 0 heterocycles. The predicted molar refractivity (Wildman–Crippen MR) is 92.5 cm³/mol. The van der Waals surface area contributed by atoms with Gasteiger partial charge < -0.3 is 5.73 Å². The first kappa shape index (κ1) is 16.4. The number of hydrogen-bond donors (Lipinski definition) is 1. The van der Waals surface area contributed by atoms with Crippen LogP contribution in [0.3, 0.4) is 0 Å². The summed E-state index contributed by atoms with van der Waals surface area (Å²) in [7, 11) is 0. The van der Waals surface area contributed by atoms with Gasteiger partial charge in [-0.3, -0.25) is 0 Å². The molecule has 112 valence electrons. The average molecular weight is 322 g/mol. The van der Waals surface area contributed by atoms with Crippen molar-refractivity contribution in [1.29, 1.82) is 0 Å². The molecular weight excluding hydrogens is 301 g/mol. The molecule has 2 N–H and O–H groups in total. The molecule has 0 bridgehead atoms. The van der Waals surface area contributed by atoms with Gasteiger partial charge in [-0.2, -0.15) is 0 Å². The first-order chi connectivity index (χ1) is 10.0. The smallest absolute Gasteiger partial charge is 0.0453 e. The van der Waals surface area contributed by atoms with E-state index in [0.29, 0.717) is 22.5 Å². The lowest BCUT2D eigenvalue weighted by Gasteiger charge is -2.18. The predicted octanol–water partition coefficient (Wildman–Crippen LogP) is 5.40. The fourth-order valence-corrected chi connectivity index (χ4v) is 3.02. The maximum atomic E-state index is 6.26. The van der Waals surface area contributed by atoms with E-state index in [1.54, 1.807) is 0 Å². The van der Waals surface area contributed by atoms with Gasteiger partial charge in [0, 0.05) is 16.0 Å². The van der Waals surface area contributed by atoms with Crippen LogP contribution in [0.5, 0.6) is 0 Å². The quantitative estimate of drug-likeness (QED) is 0.783. The number of rotatable bonds is 5. The molecule has 2 rings (SSSR count). The number of hydrogen-bond acceptors (Lipinski definition) is 1. The van der Waals surface area contributed by atoms with Crippen LogP contribution in [-0.2, 0) is 6.42 Å². The molecule has 0 amide bonds. The van der Waals surface area contributed by atoms with E-state index in [2.05, 4.69) is 38.1 Å². The minimum Gasteiger partial charge on any atom is -0.330 e. The summed E-state index contributed by atoms with van der Waals surface area (Å²) in [4.78, 5) is 0. The lowest BCUT2D eigenvalue weighted by atomic mass is 9.90. The van der Waals surface area contributed by atoms with Crippen LogP contribution in [0.1, 0.15) is 42.4 Å². The van der Waals surface area contributed by atoms with Crippen molar-refractivity contribution >= 4 is 23.2 Å². The molecule has 0 aliphatic carbocycles. The van der Waals surface area contributed by atoms with Gasteiger partial charge in [0.2, 0.25) is 0 Å². The number of halogens is 2. The molecule has 0 aliphatic heterocycles. The third kappa shape index (κ3) is 4.00. The molecule has 21 heavy (non-hydrogen) atoms. The molecule has 0 saturated heterocycles. The summed E-state index contributed by atoms with van der Waals surface area (Å²) >= 11 is 12.5. The lowest BCUT2D eigenvalue weighted by Crippen LogP contribution is -2.15. The van der Waals surface area contributed by atoms with Crippen molar-refractivity contribution in [3.8, 4) is 0 Å². The number of benzene rings is 2. The Labute approximate surface area is 137 Å². The van der Waals surface area contributed by atoms with Gasteiger partial charge in [-0.25, -0.2) is 0 Å². The Morgan fingerprint density at radius 1 is 0.905 bits per heavy atom. The van der Waals surface area contributed by atoms with Gasteiger partial charge in [-0.15, -0.1) is 0 Å². The zero-order chi connectivity index (χ0) is 15.4. The Balaban J connectivity index is 2.24. The molecule has 1 atom stereocenters. The fourth-order valence-electron chi connectivity index (χ4n) is 2.46. The average Bonchev–Trinajstić information content (AvgIpc) is 2.47. The highest BCUT2D eigenvalue weighted by atomic mass is 35.5. The van der Waals surface area contributed by atoms with E-state index in [-0.39, 0.29) is 5.92 Å². The normalized spacial score (nSPS) is 12.7. The van der Waals surface area contributed by atoms with E-state index in [1.165, 1.54) is 11.1 Å². The van der Waals surface area contributed by atoms with E-state index in [4.69, 9.17) is 28.9 Å². The molecule has 2 aromatic rings. The highest BCUT2D eigenvalue weighted by Gasteiger charge is 2.15. The molecule has 0 aromatic heterocycles. The van der Waals surface area contributed by atoms with Gasteiger partial charge in [0.25, 0.3) is 0 Å². The molecule has 0 spiro atoms. The second-order valence-corrected chi connectivity index (χ2v) is 6.47. The molecule has 0 aliphatic rings. The van der Waals surface area contributed by atoms with Crippen LogP contribution in [0.2, 0.25) is 10.0 Å². The molecular formula is C18H21Cl2N. The van der Waals surface area contributed by atoms with Gasteiger partial charge >= 0.3 is 0 Å². The lowest BCUT2D eigenvalue weighted by molar-refractivity contribution is 0.693. The summed E-state index contributed by atoms with van der Waals surface area (Å²) in [5.74, 6) is 0.761. The fraction of sp³-hybridized carbons (Fsp3) is 0.333. The van der Waals surface area contributed by atoms with Crippen LogP contribution < -0.4 is 5.73 Å². The molecule has 1 unspecified atom stereocenters. The van der Waals surface area contributed by atoms with Gasteiger partial charge in [0.05, 0.1) is 0 Å². The molecule has 1 nitrogen and oxygen atoms in total. The topological polar surface area (TPSA) is 26.0 Å². The van der Waals surface area contributed by atoms with E-state index in [9.17, 15) is 0 Å². The summed E-state index contributed by atoms with van der Waals surface area (Å²) in [6.45, 7) is 4.96. The van der Waals surface area contributed by atoms with Crippen molar-refractivity contribution in [2.45, 2.75) is 32.1 Å². The minimum absolute atomic E-state index is 0.226. The van der Waals surface area contributed by atoms with Crippen LogP contribution in [0.4, 0.5) is 0 Å². The summed E-state index contributed by atoms with van der Waals surface area (Å²) in [5, 5.41) is 1.42. The minimum atomic E-state index is 0.226. The second-order valence-electron chi connectivity index (χ2n) is 5.66. The zero-order valence-electron chi connectivity index (χ0n) is 12.4. The van der Waals surface area contributed by atoms with Crippen molar-refractivity contribution in [3.05, 3.63) is 69.2 Å². The van der Waals surface area contributed by atoms with E-state index >= 15 is 0 Å². The van der Waals surface area contributed by atoms with Crippen LogP contribution in [0.15, 0.2) is 42.5 Å². The monoisotopic (exact) mass is 321 g/mol. The summed E-state index contributed by atoms with van der Waals surface area (Å²) < 4.78 is 0. The van der Waals surface area contributed by atoms with Crippen LogP contribution >= 0.6 is 23.2 Å². The van der Waals surface area contributed by atoms with Gasteiger partial charge in [-0.05, 0) is 47.7 Å². The van der Waals surface area contributed by atoms with Crippen molar-refractivity contribution in [2.75, 3.05) is 6.54 Å². The third-order valence-corrected chi connectivity index (χ3v) is 4.58. The Morgan fingerprint density at radius 2 is 1.43 bits per heavy atom. The largest absolute Gasteiger partial charge is 0.330 e. The Bertz CT molecular complexity index is 570. The van der Waals surface area contributed by atoms with E-state index in [1.807, 2.05) is 18.2 Å². The maximum absolute atomic E-state index is 6.26. The molecule has 3 heteroatoms. The highest BCUT2D eigenvalue weighted by molar-refractivity contribution is 6.36. The first-order valence-corrected chi connectivity index (χ1v) is 8.01. The Kier molecular flexibility index (Phi) is 5.69. The Hall–Kier alpha value is -1.02. The molecule has 0 saturated carbocycles. The summed E-state index contributed by atoms with van der Waals surface area (Å²) in [6, 6.07) is 14.3. The molecule has 0 fully saturated rings. The SMILES string of the molecule is CC(C)c1ccc(C(CN)Cc2c(Cl)cccc2Cl)cc1. The first-order valence-electron chi connectivity index (χ1n) is 7.25. The van der Waals surface area contributed by atoms with Gasteiger partial charge in [0.15, 0.2) is 0 Å². The van der Waals surface area contributed by atoms with Crippen molar-refractivity contribution < 1.29 is 0 Å². The number of nitrogens with two attached hydrogens (primary N) is 1. The molecule has 2 aromatic carbocycles. The van der Waals surface area contributed by atoms with Crippen LogP contribution in [0.25, 0.3) is 0 Å². The Morgan fingerprint density at radius 3 is 1.90 bits per heavy atom. The van der Waals surface area contributed by atoms with Crippen molar-refractivity contribution in [2.24, 2.45) is 5.73 Å². The third-order valence-electron chi connectivity index (χ3n) is 3.87. The summed E-state index contributed by atoms with van der Waals surface area (Å²) in [5.41, 5.74) is 9.51. The highest BCUT2D eigenvalue weighted by Crippen LogP contribution is 2.30. The second kappa shape index (κ2) is 7.31.